The number of hydrogen-bond acceptors (Lipinski definition) is 5. The largest absolute Gasteiger partial charge is 0.497 e. The molecule has 2 aromatic rings. The Kier molecular flexibility index (Phi) is 4.79. The van der Waals surface area contributed by atoms with Crippen molar-refractivity contribution < 1.29 is 18.9 Å². The van der Waals surface area contributed by atoms with Gasteiger partial charge >= 0.3 is 0 Å². The number of methoxy groups -OCH3 is 2. The fraction of sp³-hybridized carbons (Fsp3) is 0.500. The minimum atomic E-state index is -0.357. The van der Waals surface area contributed by atoms with Crippen LogP contribution in [-0.2, 0) is 22.5 Å². The Morgan fingerprint density at radius 2 is 1.94 bits per heavy atom. The van der Waals surface area contributed by atoms with Gasteiger partial charge in [0.05, 0.1) is 18.6 Å². The van der Waals surface area contributed by atoms with Gasteiger partial charge in [-0.25, -0.2) is 0 Å². The molecule has 5 nitrogen and oxygen atoms in total. The molecule has 4 aliphatic rings. The third-order valence-electron chi connectivity index (χ3n) is 8.69. The van der Waals surface area contributed by atoms with E-state index < -0.39 is 0 Å². The van der Waals surface area contributed by atoms with Crippen LogP contribution in [0.3, 0.4) is 0 Å². The Labute approximate surface area is 196 Å². The van der Waals surface area contributed by atoms with Crippen molar-refractivity contribution in [1.29, 1.82) is 0 Å². The molecule has 0 saturated carbocycles. The van der Waals surface area contributed by atoms with Crippen LogP contribution >= 0.6 is 0 Å². The number of nitrogens with zero attached hydrogens (tertiary/aromatic N) is 1. The van der Waals surface area contributed by atoms with Gasteiger partial charge < -0.3 is 18.9 Å². The lowest BCUT2D eigenvalue weighted by atomic mass is 9.57. The summed E-state index contributed by atoms with van der Waals surface area (Å²) in [6, 6.07) is 15.0. The van der Waals surface area contributed by atoms with Gasteiger partial charge in [0.15, 0.2) is 17.6 Å². The van der Waals surface area contributed by atoms with Gasteiger partial charge in [0.25, 0.3) is 0 Å². The monoisotopic (exact) mass is 447 g/mol. The van der Waals surface area contributed by atoms with E-state index in [2.05, 4.69) is 49.2 Å². The van der Waals surface area contributed by atoms with Gasteiger partial charge in [-0.1, -0.05) is 43.3 Å². The quantitative estimate of drug-likeness (QED) is 0.642. The summed E-state index contributed by atoms with van der Waals surface area (Å²) in [6.07, 6.45) is 4.99. The van der Waals surface area contributed by atoms with Gasteiger partial charge in [-0.3, -0.25) is 4.90 Å². The summed E-state index contributed by atoms with van der Waals surface area (Å²) < 4.78 is 25.4. The van der Waals surface area contributed by atoms with Crippen LogP contribution in [0.15, 0.2) is 54.3 Å². The number of fused-ring (bicyclic) bond motifs is 2. The number of hydrogen-bond donors (Lipinski definition) is 0. The number of likely N-dealkylation sites (tertiary alicyclic amines) is 1. The predicted molar refractivity (Wildman–Crippen MR) is 127 cm³/mol. The smallest absolute Gasteiger partial charge is 0.166 e. The Morgan fingerprint density at radius 3 is 2.64 bits per heavy atom. The van der Waals surface area contributed by atoms with Crippen LogP contribution in [0.2, 0.25) is 0 Å². The molecule has 0 N–H and O–H groups in total. The second-order valence-corrected chi connectivity index (χ2v) is 10.1. The Morgan fingerprint density at radius 1 is 1.12 bits per heavy atom. The van der Waals surface area contributed by atoms with Crippen LogP contribution < -0.4 is 9.47 Å². The number of likely N-dealkylation sites (N-methyl/N-ethyl adjacent to an activating group) is 1. The first-order chi connectivity index (χ1) is 16.1. The van der Waals surface area contributed by atoms with E-state index in [-0.39, 0.29) is 23.0 Å². The highest BCUT2D eigenvalue weighted by atomic mass is 16.6. The van der Waals surface area contributed by atoms with Crippen molar-refractivity contribution >= 4 is 0 Å². The molecule has 5 atom stereocenters. The molecule has 0 spiro atoms. The van der Waals surface area contributed by atoms with Gasteiger partial charge in [-0.15, -0.1) is 0 Å². The van der Waals surface area contributed by atoms with Crippen LogP contribution in [0.5, 0.6) is 11.5 Å². The molecule has 2 aromatic carbocycles. The van der Waals surface area contributed by atoms with Gasteiger partial charge in [0.2, 0.25) is 0 Å². The number of rotatable bonds is 6. The lowest BCUT2D eigenvalue weighted by molar-refractivity contribution is -0.199. The summed E-state index contributed by atoms with van der Waals surface area (Å²) in [5.74, 6) is 2.66. The summed E-state index contributed by atoms with van der Waals surface area (Å²) in [6.45, 7) is 3.94. The SMILES string of the molecule is CC[C@]12Cc3ccc(OCc4ccccc4)c4c3C3[C@@H](O4)C(OC)=CC[C@@]3(OC)C1N(C)C2. The van der Waals surface area contributed by atoms with Gasteiger partial charge in [0.1, 0.15) is 12.4 Å². The summed E-state index contributed by atoms with van der Waals surface area (Å²) in [5, 5.41) is 0. The molecule has 2 aliphatic heterocycles. The van der Waals surface area contributed by atoms with Crippen molar-refractivity contribution in [1.82, 2.24) is 4.90 Å². The van der Waals surface area contributed by atoms with Crippen LogP contribution in [0, 0.1) is 5.41 Å². The molecule has 2 aliphatic carbocycles. The maximum atomic E-state index is 6.70. The third-order valence-corrected chi connectivity index (χ3v) is 8.69. The maximum absolute atomic E-state index is 6.70. The van der Waals surface area contributed by atoms with E-state index in [0.29, 0.717) is 12.6 Å². The lowest BCUT2D eigenvalue weighted by Crippen LogP contribution is -2.74. The Bertz CT molecular complexity index is 1100. The van der Waals surface area contributed by atoms with Gasteiger partial charge in [0, 0.05) is 37.1 Å². The zero-order valence-corrected chi connectivity index (χ0v) is 20.0. The Hall–Kier alpha value is -2.50. The van der Waals surface area contributed by atoms with E-state index in [1.54, 1.807) is 7.11 Å². The molecular weight excluding hydrogens is 414 g/mol. The number of benzene rings is 2. The van der Waals surface area contributed by atoms with E-state index in [1.165, 1.54) is 11.1 Å². The van der Waals surface area contributed by atoms with E-state index in [1.807, 2.05) is 25.3 Å². The van der Waals surface area contributed by atoms with E-state index in [9.17, 15) is 0 Å². The van der Waals surface area contributed by atoms with Crippen LogP contribution in [-0.4, -0.2) is 50.5 Å². The molecule has 0 amide bonds. The van der Waals surface area contributed by atoms with Crippen molar-refractivity contribution in [2.45, 2.75) is 56.5 Å². The first-order valence-electron chi connectivity index (χ1n) is 12.1. The average Bonchev–Trinajstić information content (AvgIpc) is 3.22. The highest BCUT2D eigenvalue weighted by Crippen LogP contribution is 2.64. The molecule has 2 heterocycles. The molecule has 33 heavy (non-hydrogen) atoms. The first-order valence-corrected chi connectivity index (χ1v) is 12.1. The molecule has 0 radical (unpaired) electrons. The zero-order chi connectivity index (χ0) is 22.8. The van der Waals surface area contributed by atoms with Crippen molar-refractivity contribution in [2.75, 3.05) is 27.8 Å². The van der Waals surface area contributed by atoms with Crippen LogP contribution in [0.1, 0.15) is 42.4 Å². The lowest BCUT2D eigenvalue weighted by Gasteiger charge is -2.63. The number of ether oxygens (including phenoxy) is 4. The summed E-state index contributed by atoms with van der Waals surface area (Å²) >= 11 is 0. The maximum Gasteiger partial charge on any atom is 0.166 e. The van der Waals surface area contributed by atoms with Crippen LogP contribution in [0.4, 0.5) is 0 Å². The molecule has 174 valence electrons. The highest BCUT2D eigenvalue weighted by molar-refractivity contribution is 5.60. The average molecular weight is 448 g/mol. The molecule has 1 fully saturated rings. The minimum Gasteiger partial charge on any atom is -0.497 e. The van der Waals surface area contributed by atoms with E-state index >= 15 is 0 Å². The fourth-order valence-electron chi connectivity index (χ4n) is 7.34. The van der Waals surface area contributed by atoms with E-state index in [4.69, 9.17) is 18.9 Å². The predicted octanol–water partition coefficient (Wildman–Crippen LogP) is 4.70. The standard InChI is InChI=1S/C28H33NO4/c1-5-27-15-19-11-12-21(32-16-18-9-7-6-8-10-18)24-22(19)23-25(33-24)20(30-3)13-14-28(23,31-4)26(27)29(2)17-27/h6-13,23,25-26H,5,14-17H2,1-4H3/t23?,25-,26?,27+,28-/m0/s1. The summed E-state index contributed by atoms with van der Waals surface area (Å²) in [4.78, 5) is 2.49. The van der Waals surface area contributed by atoms with Crippen molar-refractivity contribution in [3.8, 4) is 11.5 Å². The molecule has 6 rings (SSSR count). The zero-order valence-electron chi connectivity index (χ0n) is 20.0. The van der Waals surface area contributed by atoms with Crippen molar-refractivity contribution in [3.63, 3.8) is 0 Å². The molecule has 5 heteroatoms. The normalized spacial score (nSPS) is 33.7. The van der Waals surface area contributed by atoms with Gasteiger partial charge in [-0.2, -0.15) is 0 Å². The topological polar surface area (TPSA) is 40.2 Å². The minimum absolute atomic E-state index is 0.0777. The van der Waals surface area contributed by atoms with Gasteiger partial charge in [-0.05, 0) is 43.2 Å². The fourth-order valence-corrected chi connectivity index (χ4v) is 7.34. The Balaban J connectivity index is 1.50. The summed E-state index contributed by atoms with van der Waals surface area (Å²) in [7, 11) is 5.87. The molecule has 0 aromatic heterocycles. The molecular formula is C28H33NO4. The first kappa shape index (κ1) is 21.1. The molecule has 1 saturated heterocycles. The second-order valence-electron chi connectivity index (χ2n) is 10.1. The third kappa shape index (κ3) is 2.79. The second kappa shape index (κ2) is 7.51. The molecule has 2 unspecified atom stereocenters. The molecule has 0 bridgehead atoms. The van der Waals surface area contributed by atoms with E-state index in [0.717, 1.165) is 48.6 Å². The summed E-state index contributed by atoms with van der Waals surface area (Å²) in [5.41, 5.74) is 3.64. The van der Waals surface area contributed by atoms with Crippen molar-refractivity contribution in [2.24, 2.45) is 5.41 Å². The highest BCUT2D eigenvalue weighted by Gasteiger charge is 2.68. The van der Waals surface area contributed by atoms with Crippen LogP contribution in [0.25, 0.3) is 0 Å². The van der Waals surface area contributed by atoms with Crippen molar-refractivity contribution in [3.05, 3.63) is 71.0 Å².